The van der Waals surface area contributed by atoms with E-state index in [2.05, 4.69) is 41.4 Å². The van der Waals surface area contributed by atoms with Crippen LogP contribution in [0.25, 0.3) is 0 Å². The summed E-state index contributed by atoms with van der Waals surface area (Å²) in [6.07, 6.45) is 6.26. The summed E-state index contributed by atoms with van der Waals surface area (Å²) in [4.78, 5) is 18.8. The van der Waals surface area contributed by atoms with Crippen LogP contribution in [0.2, 0.25) is 0 Å². The predicted octanol–water partition coefficient (Wildman–Crippen LogP) is 3.32. The highest BCUT2D eigenvalue weighted by Gasteiger charge is 2.27. The first kappa shape index (κ1) is 21.6. The Kier molecular flexibility index (Phi) is 8.35. The number of nitrogens with one attached hydrogen (secondary N) is 1. The molecular formula is C23H35N3O3. The van der Waals surface area contributed by atoms with E-state index in [-0.39, 0.29) is 18.0 Å². The van der Waals surface area contributed by atoms with Gasteiger partial charge >= 0.3 is 5.97 Å². The average molecular weight is 402 g/mol. The Balaban J connectivity index is 1.44. The molecule has 0 saturated carbocycles. The van der Waals surface area contributed by atoms with Crippen LogP contribution in [-0.2, 0) is 20.7 Å². The van der Waals surface area contributed by atoms with Crippen LogP contribution in [-0.4, -0.2) is 56.7 Å². The number of guanidine groups is 1. The predicted molar refractivity (Wildman–Crippen MR) is 115 cm³/mol. The number of esters is 1. The van der Waals surface area contributed by atoms with Gasteiger partial charge in [-0.25, -0.2) is 0 Å². The van der Waals surface area contributed by atoms with Crippen molar-refractivity contribution in [3.05, 3.63) is 35.4 Å². The number of rotatable bonds is 7. The maximum Gasteiger partial charge on any atom is 0.308 e. The Morgan fingerprint density at radius 3 is 2.79 bits per heavy atom. The molecule has 160 valence electrons. The van der Waals surface area contributed by atoms with E-state index in [1.165, 1.54) is 31.1 Å². The lowest BCUT2D eigenvalue weighted by Crippen LogP contribution is -2.46. The van der Waals surface area contributed by atoms with Crippen LogP contribution in [0.3, 0.4) is 0 Å². The number of hydrogen-bond donors (Lipinski definition) is 1. The molecule has 6 nitrogen and oxygen atoms in total. The first-order valence-electron chi connectivity index (χ1n) is 11.0. The van der Waals surface area contributed by atoms with E-state index in [9.17, 15) is 4.79 Å². The van der Waals surface area contributed by atoms with Gasteiger partial charge in [0.1, 0.15) is 0 Å². The highest BCUT2D eigenvalue weighted by atomic mass is 16.5. The van der Waals surface area contributed by atoms with Gasteiger partial charge in [-0.1, -0.05) is 24.3 Å². The number of likely N-dealkylation sites (tertiary alicyclic amines) is 1. The van der Waals surface area contributed by atoms with Crippen LogP contribution in [0.15, 0.2) is 29.3 Å². The van der Waals surface area contributed by atoms with E-state index in [1.807, 2.05) is 0 Å². The SMILES string of the molecule is CCNC(=NCCCOC1CCCc2ccccc21)N1CCC(C(=O)OC)CC1. The summed E-state index contributed by atoms with van der Waals surface area (Å²) in [6.45, 7) is 6.06. The fourth-order valence-corrected chi connectivity index (χ4v) is 4.28. The van der Waals surface area contributed by atoms with Crippen LogP contribution in [0, 0.1) is 5.92 Å². The van der Waals surface area contributed by atoms with E-state index in [0.29, 0.717) is 0 Å². The first-order chi connectivity index (χ1) is 14.2. The van der Waals surface area contributed by atoms with Gasteiger partial charge in [-0.15, -0.1) is 0 Å². The smallest absolute Gasteiger partial charge is 0.308 e. The second-order valence-corrected chi connectivity index (χ2v) is 7.82. The van der Waals surface area contributed by atoms with Crippen molar-refractivity contribution in [2.45, 2.75) is 51.6 Å². The number of aryl methyl sites for hydroxylation is 1. The zero-order valence-electron chi connectivity index (χ0n) is 17.9. The number of carbonyl (C=O) groups is 1. The molecule has 3 rings (SSSR count). The maximum atomic E-state index is 11.7. The van der Waals surface area contributed by atoms with E-state index in [0.717, 1.165) is 64.4 Å². The van der Waals surface area contributed by atoms with Gasteiger partial charge in [0.15, 0.2) is 5.96 Å². The molecule has 1 aliphatic carbocycles. The lowest BCUT2D eigenvalue weighted by molar-refractivity contribution is -0.146. The Labute approximate surface area is 174 Å². The third kappa shape index (κ3) is 5.95. The van der Waals surface area contributed by atoms with Gasteiger partial charge in [-0.2, -0.15) is 0 Å². The van der Waals surface area contributed by atoms with Gasteiger partial charge in [0.25, 0.3) is 0 Å². The average Bonchev–Trinajstić information content (AvgIpc) is 2.78. The van der Waals surface area contributed by atoms with E-state index < -0.39 is 0 Å². The molecule has 1 unspecified atom stereocenters. The Hall–Kier alpha value is -2.08. The highest BCUT2D eigenvalue weighted by molar-refractivity contribution is 5.80. The van der Waals surface area contributed by atoms with Crippen LogP contribution >= 0.6 is 0 Å². The number of ether oxygens (including phenoxy) is 2. The zero-order valence-corrected chi connectivity index (χ0v) is 17.9. The van der Waals surface area contributed by atoms with Crippen LogP contribution in [0.1, 0.15) is 56.3 Å². The summed E-state index contributed by atoms with van der Waals surface area (Å²) in [6, 6.07) is 8.66. The molecule has 29 heavy (non-hydrogen) atoms. The summed E-state index contributed by atoms with van der Waals surface area (Å²) in [5, 5.41) is 3.38. The third-order valence-corrected chi connectivity index (χ3v) is 5.86. The molecule has 1 N–H and O–H groups in total. The molecule has 1 heterocycles. The molecule has 1 aliphatic heterocycles. The van der Waals surface area contributed by atoms with Gasteiger partial charge in [-0.05, 0) is 56.6 Å². The number of aliphatic imine (C=N–C) groups is 1. The molecule has 1 aromatic carbocycles. The van der Waals surface area contributed by atoms with Crippen molar-refractivity contribution in [3.63, 3.8) is 0 Å². The fraction of sp³-hybridized carbons (Fsp3) is 0.652. The van der Waals surface area contributed by atoms with E-state index >= 15 is 0 Å². The molecule has 0 amide bonds. The molecule has 1 aromatic rings. The lowest BCUT2D eigenvalue weighted by Gasteiger charge is -2.33. The number of methoxy groups -OCH3 is 1. The van der Waals surface area contributed by atoms with E-state index in [1.54, 1.807) is 0 Å². The summed E-state index contributed by atoms with van der Waals surface area (Å²) in [7, 11) is 1.47. The largest absolute Gasteiger partial charge is 0.469 e. The standard InChI is InChI=1S/C23H35N3O3/c1-3-24-23(26-15-12-19(13-16-26)22(27)28-2)25-14-7-17-29-21-11-6-9-18-8-4-5-10-20(18)21/h4-5,8,10,19,21H,3,6-7,9,11-17H2,1-2H3,(H,24,25). The van der Waals surface area contributed by atoms with Crippen LogP contribution < -0.4 is 5.32 Å². The minimum atomic E-state index is -0.0898. The number of piperidine rings is 1. The van der Waals surface area contributed by atoms with Crippen LogP contribution in [0.5, 0.6) is 0 Å². The molecule has 6 heteroatoms. The molecule has 1 fully saturated rings. The molecular weight excluding hydrogens is 366 g/mol. The number of hydrogen-bond acceptors (Lipinski definition) is 4. The van der Waals surface area contributed by atoms with Gasteiger partial charge < -0.3 is 19.7 Å². The van der Waals surface area contributed by atoms with Crippen molar-refractivity contribution < 1.29 is 14.3 Å². The summed E-state index contributed by atoms with van der Waals surface area (Å²) >= 11 is 0. The minimum Gasteiger partial charge on any atom is -0.469 e. The Morgan fingerprint density at radius 2 is 2.03 bits per heavy atom. The van der Waals surface area contributed by atoms with Crippen molar-refractivity contribution >= 4 is 11.9 Å². The number of benzene rings is 1. The maximum absolute atomic E-state index is 11.7. The second kappa shape index (κ2) is 11.2. The van der Waals surface area contributed by atoms with Gasteiger partial charge in [0, 0.05) is 32.8 Å². The molecule has 1 atom stereocenters. The fourth-order valence-electron chi connectivity index (χ4n) is 4.28. The molecule has 0 radical (unpaired) electrons. The van der Waals surface area contributed by atoms with Gasteiger partial charge in [-0.3, -0.25) is 9.79 Å². The first-order valence-corrected chi connectivity index (χ1v) is 11.0. The molecule has 0 aromatic heterocycles. The topological polar surface area (TPSA) is 63.2 Å². The number of carbonyl (C=O) groups excluding carboxylic acids is 1. The number of fused-ring (bicyclic) bond motifs is 1. The third-order valence-electron chi connectivity index (χ3n) is 5.86. The molecule has 2 aliphatic rings. The van der Waals surface area contributed by atoms with Crippen molar-refractivity contribution in [1.82, 2.24) is 10.2 Å². The van der Waals surface area contributed by atoms with Gasteiger partial charge in [0.05, 0.1) is 19.1 Å². The lowest BCUT2D eigenvalue weighted by atomic mass is 9.89. The summed E-state index contributed by atoms with van der Waals surface area (Å²) in [5.74, 6) is 0.873. The monoisotopic (exact) mass is 401 g/mol. The van der Waals surface area contributed by atoms with E-state index in [4.69, 9.17) is 14.5 Å². The van der Waals surface area contributed by atoms with Gasteiger partial charge in [0.2, 0.25) is 0 Å². The van der Waals surface area contributed by atoms with Crippen molar-refractivity contribution in [1.29, 1.82) is 0 Å². The molecule has 0 spiro atoms. The molecule has 1 saturated heterocycles. The van der Waals surface area contributed by atoms with Crippen LogP contribution in [0.4, 0.5) is 0 Å². The zero-order chi connectivity index (χ0) is 20.5. The Morgan fingerprint density at radius 1 is 1.24 bits per heavy atom. The quantitative estimate of drug-likeness (QED) is 0.329. The second-order valence-electron chi connectivity index (χ2n) is 7.82. The summed E-state index contributed by atoms with van der Waals surface area (Å²) in [5.41, 5.74) is 2.80. The highest BCUT2D eigenvalue weighted by Crippen LogP contribution is 2.32. The van der Waals surface area contributed by atoms with Crippen molar-refractivity contribution in [3.8, 4) is 0 Å². The Bertz CT molecular complexity index is 684. The van der Waals surface area contributed by atoms with Crippen molar-refractivity contribution in [2.24, 2.45) is 10.9 Å². The molecule has 0 bridgehead atoms. The minimum absolute atomic E-state index is 0.0193. The normalized spacial score (nSPS) is 20.3. The number of nitrogens with zero attached hydrogens (tertiary/aromatic N) is 2. The van der Waals surface area contributed by atoms with Crippen molar-refractivity contribution in [2.75, 3.05) is 39.9 Å². The summed E-state index contributed by atoms with van der Waals surface area (Å²) < 4.78 is 11.1.